The van der Waals surface area contributed by atoms with Crippen LogP contribution < -0.4 is 10.6 Å². The van der Waals surface area contributed by atoms with E-state index < -0.39 is 0 Å². The fourth-order valence-corrected chi connectivity index (χ4v) is 3.42. The van der Waals surface area contributed by atoms with E-state index in [-0.39, 0.29) is 18.7 Å². The number of nitrogens with zero attached hydrogens (tertiary/aromatic N) is 1. The lowest BCUT2D eigenvalue weighted by atomic mass is 10.1. The zero-order chi connectivity index (χ0) is 21.0. The van der Waals surface area contributed by atoms with Gasteiger partial charge in [-0.1, -0.05) is 41.9 Å². The van der Waals surface area contributed by atoms with Gasteiger partial charge in [-0.25, -0.2) is 4.98 Å². The fraction of sp³-hybridized carbons (Fsp3) is 0.227. The smallest absolute Gasteiger partial charge is 0.126 e. The Hall–Kier alpha value is -2.47. The lowest BCUT2D eigenvalue weighted by molar-refractivity contribution is 0.256. The molecule has 152 valence electrons. The van der Waals surface area contributed by atoms with Crippen molar-refractivity contribution in [2.75, 3.05) is 11.9 Å². The van der Waals surface area contributed by atoms with E-state index >= 15 is 0 Å². The molecule has 7 heteroatoms. The van der Waals surface area contributed by atoms with Gasteiger partial charge in [0.15, 0.2) is 0 Å². The highest BCUT2D eigenvalue weighted by molar-refractivity contribution is 6.33. The first kappa shape index (κ1) is 21.2. The Balaban J connectivity index is 1.79. The van der Waals surface area contributed by atoms with Crippen LogP contribution in [-0.2, 0) is 0 Å². The summed E-state index contributed by atoms with van der Waals surface area (Å²) in [6.45, 7) is 8.12. The Morgan fingerprint density at radius 2 is 2.03 bits per heavy atom. The maximum Gasteiger partial charge on any atom is 0.126 e. The molecule has 4 N–H and O–H groups in total. The Labute approximate surface area is 180 Å². The summed E-state index contributed by atoms with van der Waals surface area (Å²) in [5, 5.41) is 17.5. The molecule has 0 aliphatic carbocycles. The summed E-state index contributed by atoms with van der Waals surface area (Å²) >= 11 is 12.4. The zero-order valence-electron chi connectivity index (χ0n) is 16.3. The quantitative estimate of drug-likeness (QED) is 0.380. The summed E-state index contributed by atoms with van der Waals surface area (Å²) in [6.07, 6.45) is 3.51. The maximum atomic E-state index is 9.80. The fourth-order valence-electron chi connectivity index (χ4n) is 3.00. The van der Waals surface area contributed by atoms with E-state index in [0.717, 1.165) is 28.2 Å². The van der Waals surface area contributed by atoms with Crippen LogP contribution in [0.25, 0.3) is 16.8 Å². The van der Waals surface area contributed by atoms with Crippen molar-refractivity contribution in [3.05, 3.63) is 76.7 Å². The summed E-state index contributed by atoms with van der Waals surface area (Å²) in [5.41, 5.74) is 4.13. The molecule has 0 saturated carbocycles. The number of anilines is 1. The number of benzene rings is 1. The van der Waals surface area contributed by atoms with Gasteiger partial charge in [0.1, 0.15) is 5.82 Å². The van der Waals surface area contributed by atoms with Crippen molar-refractivity contribution in [2.24, 2.45) is 0 Å². The number of nitrogens with one attached hydrogen (secondary N) is 3. The Kier molecular flexibility index (Phi) is 6.85. The van der Waals surface area contributed by atoms with Crippen molar-refractivity contribution in [1.82, 2.24) is 15.3 Å². The zero-order valence-corrected chi connectivity index (χ0v) is 17.8. The van der Waals surface area contributed by atoms with Gasteiger partial charge in [-0.05, 0) is 43.7 Å². The van der Waals surface area contributed by atoms with E-state index in [2.05, 4.69) is 41.0 Å². The van der Waals surface area contributed by atoms with Gasteiger partial charge in [0.2, 0.25) is 0 Å². The van der Waals surface area contributed by atoms with Crippen molar-refractivity contribution < 1.29 is 5.11 Å². The van der Waals surface area contributed by atoms with Crippen LogP contribution in [0.4, 0.5) is 5.82 Å². The number of hydrogen-bond acceptors (Lipinski definition) is 4. The SMILES string of the molecule is C=C(N[C@H](CO)c1cccc(Cl)c1)c1cc(-c2cc(NC(C)C)ncc2Cl)c[nH]1. The van der Waals surface area contributed by atoms with E-state index in [0.29, 0.717) is 15.7 Å². The molecule has 5 nitrogen and oxygen atoms in total. The van der Waals surface area contributed by atoms with Crippen molar-refractivity contribution >= 4 is 34.7 Å². The van der Waals surface area contributed by atoms with Crippen LogP contribution in [0.1, 0.15) is 31.1 Å². The van der Waals surface area contributed by atoms with Gasteiger partial charge >= 0.3 is 0 Å². The minimum atomic E-state index is -0.320. The summed E-state index contributed by atoms with van der Waals surface area (Å²) in [7, 11) is 0. The van der Waals surface area contributed by atoms with Gasteiger partial charge in [-0.3, -0.25) is 0 Å². The van der Waals surface area contributed by atoms with Gasteiger partial charge < -0.3 is 20.7 Å². The van der Waals surface area contributed by atoms with Crippen LogP contribution in [0.5, 0.6) is 0 Å². The summed E-state index contributed by atoms with van der Waals surface area (Å²) in [4.78, 5) is 7.53. The molecule has 0 aliphatic heterocycles. The Morgan fingerprint density at radius 3 is 2.72 bits per heavy atom. The maximum absolute atomic E-state index is 9.80. The van der Waals surface area contributed by atoms with Crippen molar-refractivity contribution in [3.8, 4) is 11.1 Å². The number of hydrogen-bond donors (Lipinski definition) is 4. The molecular formula is C22H24Cl2N4O. The van der Waals surface area contributed by atoms with Crippen LogP contribution in [0, 0.1) is 0 Å². The normalized spacial score (nSPS) is 12.1. The van der Waals surface area contributed by atoms with Crippen LogP contribution in [0.3, 0.4) is 0 Å². The van der Waals surface area contributed by atoms with Gasteiger partial charge in [0, 0.05) is 34.6 Å². The number of pyridine rings is 1. The van der Waals surface area contributed by atoms with E-state index in [1.54, 1.807) is 12.3 Å². The molecule has 0 bridgehead atoms. The van der Waals surface area contributed by atoms with Crippen molar-refractivity contribution in [2.45, 2.75) is 25.9 Å². The molecule has 1 aromatic carbocycles. The second-order valence-electron chi connectivity index (χ2n) is 7.06. The van der Waals surface area contributed by atoms with E-state index in [1.165, 1.54) is 0 Å². The van der Waals surface area contributed by atoms with Crippen LogP contribution >= 0.6 is 23.2 Å². The predicted octanol–water partition coefficient (Wildman–Crippen LogP) is 5.50. The standard InChI is InChI=1S/C22H24Cl2N4O/c1-13(2)27-22-9-18(19(24)11-26-22)16-8-20(25-10-16)14(3)28-21(12-29)15-5-4-6-17(23)7-15/h4-11,13,21,25,28-29H,3,12H2,1-2H3,(H,26,27)/t21-/m1/s1. The molecule has 0 fully saturated rings. The summed E-state index contributed by atoms with van der Waals surface area (Å²) in [6, 6.07) is 11.2. The molecule has 3 rings (SSSR count). The average Bonchev–Trinajstić information content (AvgIpc) is 3.17. The van der Waals surface area contributed by atoms with Gasteiger partial charge in [0.05, 0.1) is 29.1 Å². The second-order valence-corrected chi connectivity index (χ2v) is 7.91. The lowest BCUT2D eigenvalue weighted by Crippen LogP contribution is -2.22. The third-order valence-electron chi connectivity index (χ3n) is 4.39. The average molecular weight is 431 g/mol. The number of aliphatic hydroxyl groups is 1. The molecule has 0 spiro atoms. The molecule has 0 radical (unpaired) electrons. The van der Waals surface area contributed by atoms with E-state index in [9.17, 15) is 5.11 Å². The summed E-state index contributed by atoms with van der Waals surface area (Å²) < 4.78 is 0. The van der Waals surface area contributed by atoms with E-state index in [1.807, 2.05) is 36.5 Å². The van der Waals surface area contributed by atoms with Crippen LogP contribution in [-0.4, -0.2) is 27.7 Å². The van der Waals surface area contributed by atoms with Gasteiger partial charge in [-0.2, -0.15) is 0 Å². The highest BCUT2D eigenvalue weighted by atomic mass is 35.5. The summed E-state index contributed by atoms with van der Waals surface area (Å²) in [5.74, 6) is 0.764. The molecule has 2 aromatic heterocycles. The third kappa shape index (κ3) is 5.32. The molecule has 0 unspecified atom stereocenters. The highest BCUT2D eigenvalue weighted by Crippen LogP contribution is 2.31. The number of halogens is 2. The van der Waals surface area contributed by atoms with Gasteiger partial charge in [0.25, 0.3) is 0 Å². The topological polar surface area (TPSA) is 73.0 Å². The van der Waals surface area contributed by atoms with Crippen molar-refractivity contribution in [1.29, 1.82) is 0 Å². The predicted molar refractivity (Wildman–Crippen MR) is 121 cm³/mol. The monoisotopic (exact) mass is 430 g/mol. The molecule has 3 aromatic rings. The molecule has 0 saturated heterocycles. The first-order valence-corrected chi connectivity index (χ1v) is 10.1. The highest BCUT2D eigenvalue weighted by Gasteiger charge is 2.14. The lowest BCUT2D eigenvalue weighted by Gasteiger charge is -2.19. The number of aromatic amines is 1. The molecule has 2 heterocycles. The molecular weight excluding hydrogens is 407 g/mol. The minimum Gasteiger partial charge on any atom is -0.394 e. The first-order chi connectivity index (χ1) is 13.9. The number of rotatable bonds is 8. The van der Waals surface area contributed by atoms with Gasteiger partial charge in [-0.15, -0.1) is 0 Å². The molecule has 0 amide bonds. The third-order valence-corrected chi connectivity index (χ3v) is 4.93. The van der Waals surface area contributed by atoms with E-state index in [4.69, 9.17) is 23.2 Å². The Bertz CT molecular complexity index is 1000. The largest absolute Gasteiger partial charge is 0.394 e. The van der Waals surface area contributed by atoms with Crippen LogP contribution in [0.2, 0.25) is 10.0 Å². The molecule has 0 aliphatic rings. The first-order valence-electron chi connectivity index (χ1n) is 9.30. The number of aliphatic hydroxyl groups excluding tert-OH is 1. The van der Waals surface area contributed by atoms with Crippen molar-refractivity contribution in [3.63, 3.8) is 0 Å². The number of aromatic nitrogens is 2. The van der Waals surface area contributed by atoms with Crippen LogP contribution in [0.15, 0.2) is 55.4 Å². The molecule has 1 atom stereocenters. The second kappa shape index (κ2) is 9.35. The molecule has 29 heavy (non-hydrogen) atoms. The Morgan fingerprint density at radius 1 is 1.24 bits per heavy atom. The minimum absolute atomic E-state index is 0.0899. The number of H-pyrrole nitrogens is 1.